The second kappa shape index (κ2) is 5.95. The minimum absolute atomic E-state index is 0.158. The van der Waals surface area contributed by atoms with Crippen LogP contribution in [0.5, 0.6) is 0 Å². The summed E-state index contributed by atoms with van der Waals surface area (Å²) in [4.78, 5) is 46.3. The molecule has 0 aromatic heterocycles. The number of nitro benzene ring substituents is 1. The van der Waals surface area contributed by atoms with Crippen molar-refractivity contribution in [1.29, 1.82) is 0 Å². The van der Waals surface area contributed by atoms with Gasteiger partial charge in [-0.1, -0.05) is 12.1 Å². The highest BCUT2D eigenvalue weighted by Gasteiger charge is 2.40. The molecule has 0 bridgehead atoms. The topological polar surface area (TPSA) is 94.3 Å². The lowest BCUT2D eigenvalue weighted by molar-refractivity contribution is -0.384. The molecule has 6 nitrogen and oxygen atoms in total. The van der Waals surface area contributed by atoms with Gasteiger partial charge in [0.25, 0.3) is 5.69 Å². The minimum atomic E-state index is -1.00. The molecule has 0 aliphatic heterocycles. The van der Waals surface area contributed by atoms with Crippen molar-refractivity contribution in [1.82, 2.24) is 0 Å². The summed E-state index contributed by atoms with van der Waals surface area (Å²) in [6.07, 6.45) is 1.05. The molecule has 1 saturated carbocycles. The van der Waals surface area contributed by atoms with Gasteiger partial charge in [0.15, 0.2) is 0 Å². The second-order valence-electron chi connectivity index (χ2n) is 5.20. The van der Waals surface area contributed by atoms with E-state index in [9.17, 15) is 24.5 Å². The number of non-ortho nitro benzene ring substituents is 1. The number of hydrogen-bond donors (Lipinski definition) is 0. The molecule has 21 heavy (non-hydrogen) atoms. The van der Waals surface area contributed by atoms with Crippen LogP contribution in [0.3, 0.4) is 0 Å². The van der Waals surface area contributed by atoms with E-state index in [0.717, 1.165) is 0 Å². The number of carbonyl (C=O) groups is 3. The summed E-state index contributed by atoms with van der Waals surface area (Å²) in [6.45, 7) is 1.30. The third-order valence-corrected chi connectivity index (χ3v) is 3.75. The van der Waals surface area contributed by atoms with E-state index in [4.69, 9.17) is 0 Å². The van der Waals surface area contributed by atoms with Crippen molar-refractivity contribution in [2.75, 3.05) is 0 Å². The first-order valence-electron chi connectivity index (χ1n) is 6.72. The van der Waals surface area contributed by atoms with Crippen molar-refractivity contribution in [3.8, 4) is 0 Å². The van der Waals surface area contributed by atoms with Gasteiger partial charge in [-0.25, -0.2) is 0 Å². The largest absolute Gasteiger partial charge is 0.299 e. The van der Waals surface area contributed by atoms with Gasteiger partial charge in [0.2, 0.25) is 0 Å². The predicted molar refractivity (Wildman–Crippen MR) is 73.9 cm³/mol. The monoisotopic (exact) mass is 289 g/mol. The summed E-state index contributed by atoms with van der Waals surface area (Å²) >= 11 is 0. The molecule has 1 fully saturated rings. The van der Waals surface area contributed by atoms with Gasteiger partial charge < -0.3 is 0 Å². The molecular formula is C15H15NO5. The zero-order valence-electron chi connectivity index (χ0n) is 11.6. The number of nitro groups is 1. The Kier molecular flexibility index (Phi) is 4.26. The lowest BCUT2D eigenvalue weighted by Gasteiger charge is -2.26. The van der Waals surface area contributed by atoms with E-state index in [1.807, 2.05) is 0 Å². The van der Waals surface area contributed by atoms with E-state index in [2.05, 4.69) is 0 Å². The molecule has 2 rings (SSSR count). The number of ketones is 3. The Morgan fingerprint density at radius 3 is 2.43 bits per heavy atom. The highest BCUT2D eigenvalue weighted by molar-refractivity contribution is 6.09. The van der Waals surface area contributed by atoms with E-state index >= 15 is 0 Å². The van der Waals surface area contributed by atoms with E-state index < -0.39 is 16.8 Å². The molecule has 1 aromatic rings. The Hall–Kier alpha value is -2.37. The van der Waals surface area contributed by atoms with Crippen LogP contribution in [0, 0.1) is 16.0 Å². The highest BCUT2D eigenvalue weighted by atomic mass is 16.6. The first-order valence-corrected chi connectivity index (χ1v) is 6.72. The van der Waals surface area contributed by atoms with Crippen molar-refractivity contribution in [2.24, 2.45) is 5.92 Å². The van der Waals surface area contributed by atoms with Crippen molar-refractivity contribution >= 4 is 23.0 Å². The highest BCUT2D eigenvalue weighted by Crippen LogP contribution is 2.34. The molecule has 1 aliphatic carbocycles. The van der Waals surface area contributed by atoms with Gasteiger partial charge in [0.1, 0.15) is 17.3 Å². The molecule has 0 spiro atoms. The van der Waals surface area contributed by atoms with Crippen LogP contribution in [0.25, 0.3) is 0 Å². The van der Waals surface area contributed by atoms with Gasteiger partial charge in [-0.05, 0) is 18.9 Å². The molecule has 1 unspecified atom stereocenters. The van der Waals surface area contributed by atoms with Crippen LogP contribution in [0.1, 0.15) is 37.7 Å². The third kappa shape index (κ3) is 3.04. The average Bonchev–Trinajstić information content (AvgIpc) is 2.42. The Labute approximate surface area is 121 Å². The summed E-state index contributed by atoms with van der Waals surface area (Å²) in [7, 11) is 0. The smallest absolute Gasteiger partial charge is 0.269 e. The van der Waals surface area contributed by atoms with Gasteiger partial charge in [-0.3, -0.25) is 24.5 Å². The van der Waals surface area contributed by atoms with Gasteiger partial charge >= 0.3 is 0 Å². The molecule has 0 N–H and O–H groups in total. The lowest BCUT2D eigenvalue weighted by atomic mass is 9.73. The zero-order valence-corrected chi connectivity index (χ0v) is 11.6. The van der Waals surface area contributed by atoms with Gasteiger partial charge in [0.05, 0.1) is 16.8 Å². The SMILES string of the molecule is CC(=O)C(c1cccc([N+](=O)[O-])c1)C1C(=O)CCCC1=O. The summed E-state index contributed by atoms with van der Waals surface area (Å²) < 4.78 is 0. The van der Waals surface area contributed by atoms with Gasteiger partial charge in [-0.2, -0.15) is 0 Å². The normalized spacial score (nSPS) is 17.6. The first kappa shape index (κ1) is 15.0. The first-order chi connectivity index (χ1) is 9.91. The third-order valence-electron chi connectivity index (χ3n) is 3.75. The summed E-state index contributed by atoms with van der Waals surface area (Å²) in [5, 5.41) is 10.8. The number of Topliss-reactive ketones (excluding diaryl/α,β-unsaturated/α-hetero) is 3. The summed E-state index contributed by atoms with van der Waals surface area (Å²) in [6, 6.07) is 5.59. The number of carbonyl (C=O) groups excluding carboxylic acids is 3. The van der Waals surface area contributed by atoms with Crippen LogP contribution in [0.15, 0.2) is 24.3 Å². The van der Waals surface area contributed by atoms with Gasteiger partial charge in [0, 0.05) is 25.0 Å². The number of hydrogen-bond acceptors (Lipinski definition) is 5. The Bertz CT molecular complexity index is 606. The van der Waals surface area contributed by atoms with E-state index in [1.54, 1.807) is 6.07 Å². The van der Waals surface area contributed by atoms with Crippen molar-refractivity contribution in [3.05, 3.63) is 39.9 Å². The molecule has 0 heterocycles. The molecular weight excluding hydrogens is 274 g/mol. The molecule has 1 atom stereocenters. The van der Waals surface area contributed by atoms with E-state index in [1.165, 1.54) is 25.1 Å². The minimum Gasteiger partial charge on any atom is -0.299 e. The number of benzene rings is 1. The Balaban J connectivity index is 2.46. The Morgan fingerprint density at radius 2 is 1.90 bits per heavy atom. The average molecular weight is 289 g/mol. The lowest BCUT2D eigenvalue weighted by Crippen LogP contribution is -2.36. The van der Waals surface area contributed by atoms with E-state index in [0.29, 0.717) is 12.0 Å². The Morgan fingerprint density at radius 1 is 1.29 bits per heavy atom. The fraction of sp³-hybridized carbons (Fsp3) is 0.400. The van der Waals surface area contributed by atoms with Crippen LogP contribution in [-0.2, 0) is 14.4 Å². The number of nitrogens with zero attached hydrogens (tertiary/aromatic N) is 1. The van der Waals surface area contributed by atoms with Crippen LogP contribution in [-0.4, -0.2) is 22.3 Å². The van der Waals surface area contributed by atoms with Crippen molar-refractivity contribution < 1.29 is 19.3 Å². The van der Waals surface area contributed by atoms with Crippen molar-refractivity contribution in [3.63, 3.8) is 0 Å². The zero-order chi connectivity index (χ0) is 15.6. The standard InChI is InChI=1S/C15H15NO5/c1-9(17)14(15-12(18)6-3-7-13(15)19)10-4-2-5-11(8-10)16(20)21/h2,4-5,8,14-15H,3,6-7H2,1H3. The molecule has 1 aromatic carbocycles. The molecule has 6 heteroatoms. The quantitative estimate of drug-likeness (QED) is 0.481. The van der Waals surface area contributed by atoms with Crippen molar-refractivity contribution in [2.45, 2.75) is 32.1 Å². The predicted octanol–water partition coefficient (Wildman–Crippen LogP) is 2.21. The second-order valence-corrected chi connectivity index (χ2v) is 5.20. The molecule has 0 radical (unpaired) electrons. The number of rotatable bonds is 4. The van der Waals surface area contributed by atoms with Crippen LogP contribution < -0.4 is 0 Å². The fourth-order valence-corrected chi connectivity index (χ4v) is 2.79. The maximum atomic E-state index is 12.0. The maximum absolute atomic E-state index is 12.0. The molecule has 1 aliphatic rings. The van der Waals surface area contributed by atoms with Gasteiger partial charge in [-0.15, -0.1) is 0 Å². The fourth-order valence-electron chi connectivity index (χ4n) is 2.79. The van der Waals surface area contributed by atoms with Crippen LogP contribution in [0.2, 0.25) is 0 Å². The van der Waals surface area contributed by atoms with Crippen LogP contribution in [0.4, 0.5) is 5.69 Å². The van der Waals surface area contributed by atoms with Crippen LogP contribution >= 0.6 is 0 Å². The summed E-state index contributed by atoms with van der Waals surface area (Å²) in [5.41, 5.74) is 0.194. The molecule has 110 valence electrons. The van der Waals surface area contributed by atoms with E-state index in [-0.39, 0.29) is 35.9 Å². The molecule has 0 saturated heterocycles. The maximum Gasteiger partial charge on any atom is 0.269 e. The molecule has 0 amide bonds. The summed E-state index contributed by atoms with van der Waals surface area (Å²) in [5.74, 6) is -2.76.